The maximum atomic E-state index is 13.3. The van der Waals surface area contributed by atoms with E-state index in [2.05, 4.69) is 22.9 Å². The van der Waals surface area contributed by atoms with Crippen LogP contribution in [0.4, 0.5) is 0 Å². The zero-order valence-electron chi connectivity index (χ0n) is 21.3. The third-order valence-corrected chi connectivity index (χ3v) is 9.33. The molecule has 196 valence electrons. The molecule has 1 amide bonds. The summed E-state index contributed by atoms with van der Waals surface area (Å²) >= 11 is 0. The van der Waals surface area contributed by atoms with Crippen LogP contribution in [0.15, 0.2) is 24.3 Å². The van der Waals surface area contributed by atoms with Crippen LogP contribution >= 0.6 is 0 Å². The van der Waals surface area contributed by atoms with Crippen LogP contribution in [0.1, 0.15) is 76.2 Å². The molecule has 1 aliphatic carbocycles. The molecule has 0 spiro atoms. The Morgan fingerprint density at radius 1 is 1.09 bits per heavy atom. The van der Waals surface area contributed by atoms with Gasteiger partial charge in [0.2, 0.25) is 5.91 Å². The van der Waals surface area contributed by atoms with Gasteiger partial charge in [0.1, 0.15) is 5.75 Å². The van der Waals surface area contributed by atoms with Crippen molar-refractivity contribution in [1.29, 1.82) is 0 Å². The topological polar surface area (TPSA) is 88.2 Å². The van der Waals surface area contributed by atoms with E-state index in [4.69, 9.17) is 9.47 Å². The fraction of sp³-hybridized carbons (Fsp3) is 0.731. The molecule has 3 atom stereocenters. The summed E-state index contributed by atoms with van der Waals surface area (Å²) in [4.78, 5) is 15.2. The third-order valence-electron chi connectivity index (χ3n) is 7.77. The second kappa shape index (κ2) is 11.6. The molecule has 0 radical (unpaired) electrons. The Hall–Kier alpha value is -1.68. The maximum Gasteiger partial charge on any atom is 0.279 e. The standard InChI is InChI=1S/C26H41N3O5S/c1-19-16-24(27-35(31,32)28(2)3)25-18-34-22-13-11-20(12-14-22)21-8-7-9-23(17-21)33-15-6-4-5-10-26(30)29(19)25/h7-9,17,19-20,22,24-25,27H,4-6,10-16,18H2,1-3H3/t19?,20?,22?,24-,25?/m0/s1. The van der Waals surface area contributed by atoms with Crippen molar-refractivity contribution in [1.82, 2.24) is 13.9 Å². The number of nitrogens with zero attached hydrogens (tertiary/aromatic N) is 2. The van der Waals surface area contributed by atoms with Crippen LogP contribution in [-0.2, 0) is 19.7 Å². The lowest BCUT2D eigenvalue weighted by molar-refractivity contribution is -0.136. The van der Waals surface area contributed by atoms with Crippen molar-refractivity contribution in [3.8, 4) is 5.75 Å². The van der Waals surface area contributed by atoms with Gasteiger partial charge in [0.25, 0.3) is 10.2 Å². The number of hydrogen-bond acceptors (Lipinski definition) is 5. The van der Waals surface area contributed by atoms with Crippen LogP contribution in [0.2, 0.25) is 0 Å². The summed E-state index contributed by atoms with van der Waals surface area (Å²) in [7, 11) is -0.580. The highest BCUT2D eigenvalue weighted by molar-refractivity contribution is 7.87. The minimum Gasteiger partial charge on any atom is -0.494 e. The highest BCUT2D eigenvalue weighted by atomic mass is 32.2. The van der Waals surface area contributed by atoms with Gasteiger partial charge in [-0.2, -0.15) is 17.4 Å². The van der Waals surface area contributed by atoms with Crippen molar-refractivity contribution >= 4 is 16.1 Å². The Morgan fingerprint density at radius 3 is 2.60 bits per heavy atom. The van der Waals surface area contributed by atoms with Gasteiger partial charge in [-0.15, -0.1) is 0 Å². The van der Waals surface area contributed by atoms with Crippen LogP contribution in [0.3, 0.4) is 0 Å². The molecule has 1 saturated carbocycles. The van der Waals surface area contributed by atoms with Crippen LogP contribution in [0, 0.1) is 0 Å². The summed E-state index contributed by atoms with van der Waals surface area (Å²) in [6.07, 6.45) is 7.79. The summed E-state index contributed by atoms with van der Waals surface area (Å²) in [5, 5.41) is 0. The molecule has 3 heterocycles. The first-order valence-corrected chi connectivity index (χ1v) is 14.5. The van der Waals surface area contributed by atoms with Gasteiger partial charge >= 0.3 is 0 Å². The molecule has 1 aromatic carbocycles. The third kappa shape index (κ3) is 6.56. The molecule has 2 unspecified atom stereocenters. The van der Waals surface area contributed by atoms with E-state index in [9.17, 15) is 13.2 Å². The number of rotatable bonds is 3. The van der Waals surface area contributed by atoms with Crippen molar-refractivity contribution in [2.45, 2.75) is 94.9 Å². The normalized spacial score (nSPS) is 31.0. The molecule has 1 N–H and O–H groups in total. The van der Waals surface area contributed by atoms with Crippen molar-refractivity contribution < 1.29 is 22.7 Å². The number of hydrogen-bond donors (Lipinski definition) is 1. The van der Waals surface area contributed by atoms with Crippen LogP contribution < -0.4 is 9.46 Å². The van der Waals surface area contributed by atoms with E-state index < -0.39 is 10.2 Å². The molecule has 4 aliphatic rings. The summed E-state index contributed by atoms with van der Waals surface area (Å²) < 4.78 is 41.6. The molecule has 3 aliphatic heterocycles. The van der Waals surface area contributed by atoms with Crippen molar-refractivity contribution in [2.24, 2.45) is 0 Å². The highest BCUT2D eigenvalue weighted by Crippen LogP contribution is 2.36. The van der Waals surface area contributed by atoms with Gasteiger partial charge in [0.15, 0.2) is 0 Å². The smallest absolute Gasteiger partial charge is 0.279 e. The Balaban J connectivity index is 1.51. The number of carbonyl (C=O) groups is 1. The van der Waals surface area contributed by atoms with Crippen LogP contribution in [-0.4, -0.2) is 75.1 Å². The Bertz CT molecular complexity index is 961. The minimum atomic E-state index is -3.61. The molecule has 9 heteroatoms. The maximum absolute atomic E-state index is 13.3. The van der Waals surface area contributed by atoms with E-state index in [1.54, 1.807) is 0 Å². The molecule has 5 rings (SSSR count). The van der Waals surface area contributed by atoms with E-state index in [0.717, 1.165) is 50.7 Å². The Morgan fingerprint density at radius 2 is 1.86 bits per heavy atom. The Kier molecular flexibility index (Phi) is 8.73. The highest BCUT2D eigenvalue weighted by Gasteiger charge is 2.44. The van der Waals surface area contributed by atoms with E-state index in [0.29, 0.717) is 32.0 Å². The molecule has 1 saturated heterocycles. The van der Waals surface area contributed by atoms with Gasteiger partial charge in [-0.3, -0.25) is 4.79 Å². The molecular weight excluding hydrogens is 466 g/mol. The number of benzene rings is 1. The summed E-state index contributed by atoms with van der Waals surface area (Å²) in [6, 6.07) is 7.77. The average Bonchev–Trinajstić information content (AvgIpc) is 3.13. The fourth-order valence-electron chi connectivity index (χ4n) is 5.74. The summed E-state index contributed by atoms with van der Waals surface area (Å²) in [5.41, 5.74) is 1.33. The van der Waals surface area contributed by atoms with Gasteiger partial charge in [0.05, 0.1) is 25.4 Å². The summed E-state index contributed by atoms with van der Waals surface area (Å²) in [6.45, 7) is 3.01. The zero-order chi connectivity index (χ0) is 25.0. The van der Waals surface area contributed by atoms with E-state index in [1.807, 2.05) is 17.9 Å². The fourth-order valence-corrected chi connectivity index (χ4v) is 6.59. The predicted octanol–water partition coefficient (Wildman–Crippen LogP) is 3.44. The first-order valence-electron chi connectivity index (χ1n) is 13.1. The number of carbonyl (C=O) groups excluding carboxylic acids is 1. The zero-order valence-corrected chi connectivity index (χ0v) is 22.1. The Labute approximate surface area is 210 Å². The van der Waals surface area contributed by atoms with Crippen molar-refractivity contribution in [3.63, 3.8) is 0 Å². The molecule has 8 nitrogen and oxygen atoms in total. The lowest BCUT2D eigenvalue weighted by atomic mass is 9.82. The number of ether oxygens (including phenoxy) is 2. The predicted molar refractivity (Wildman–Crippen MR) is 136 cm³/mol. The molecule has 4 bridgehead atoms. The van der Waals surface area contributed by atoms with Gasteiger partial charge < -0.3 is 14.4 Å². The first-order chi connectivity index (χ1) is 16.7. The van der Waals surface area contributed by atoms with Gasteiger partial charge in [-0.05, 0) is 81.9 Å². The largest absolute Gasteiger partial charge is 0.494 e. The monoisotopic (exact) mass is 507 g/mol. The number of fused-ring (bicyclic) bond motifs is 9. The van der Waals surface area contributed by atoms with E-state index >= 15 is 0 Å². The van der Waals surface area contributed by atoms with Gasteiger partial charge in [0, 0.05) is 32.6 Å². The first kappa shape index (κ1) is 26.4. The quantitative estimate of drug-likeness (QED) is 0.677. The lowest BCUT2D eigenvalue weighted by Gasteiger charge is -2.34. The molecule has 1 aromatic rings. The van der Waals surface area contributed by atoms with Gasteiger partial charge in [-0.25, -0.2) is 0 Å². The second-order valence-corrected chi connectivity index (χ2v) is 12.4. The minimum absolute atomic E-state index is 0.0411. The number of amides is 1. The van der Waals surface area contributed by atoms with E-state index in [1.165, 1.54) is 24.0 Å². The van der Waals surface area contributed by atoms with Crippen LogP contribution in [0.25, 0.3) is 0 Å². The molecule has 35 heavy (non-hydrogen) atoms. The SMILES string of the molecule is CC1C[C@H](NS(=O)(=O)N(C)C)C2COC3CCC(CC3)c3cccc(c3)OCCCCCC(=O)N12. The number of nitrogens with one attached hydrogen (secondary N) is 1. The van der Waals surface area contributed by atoms with Gasteiger partial charge in [-0.1, -0.05) is 12.1 Å². The average molecular weight is 508 g/mol. The van der Waals surface area contributed by atoms with Crippen LogP contribution in [0.5, 0.6) is 5.75 Å². The lowest BCUT2D eigenvalue weighted by Crippen LogP contribution is -2.52. The van der Waals surface area contributed by atoms with E-state index in [-0.39, 0.29) is 30.1 Å². The molecular formula is C26H41N3O5S. The van der Waals surface area contributed by atoms with Crippen molar-refractivity contribution in [2.75, 3.05) is 27.3 Å². The molecule has 2 fully saturated rings. The molecule has 0 aromatic heterocycles. The van der Waals surface area contributed by atoms with Crippen molar-refractivity contribution in [3.05, 3.63) is 29.8 Å². The second-order valence-electron chi connectivity index (χ2n) is 10.5. The summed E-state index contributed by atoms with van der Waals surface area (Å²) in [5.74, 6) is 1.51.